The van der Waals surface area contributed by atoms with Crippen LogP contribution in [-0.2, 0) is 4.79 Å². The maximum absolute atomic E-state index is 12.5. The van der Waals surface area contributed by atoms with Gasteiger partial charge in [-0.05, 0) is 31.2 Å². The summed E-state index contributed by atoms with van der Waals surface area (Å²) in [6.07, 6.45) is 0. The monoisotopic (exact) mass is 408 g/mol. The van der Waals surface area contributed by atoms with E-state index in [1.807, 2.05) is 37.3 Å². The number of non-ortho nitro benzene ring substituents is 1. The number of carbonyl (C=O) groups is 1. The van der Waals surface area contributed by atoms with Crippen molar-refractivity contribution in [3.05, 3.63) is 70.5 Å². The molecule has 1 aromatic heterocycles. The van der Waals surface area contributed by atoms with Crippen LogP contribution in [0.4, 0.5) is 11.4 Å². The van der Waals surface area contributed by atoms with Crippen molar-refractivity contribution in [2.75, 3.05) is 37.6 Å². The lowest BCUT2D eigenvalue weighted by Crippen LogP contribution is -2.49. The number of nitrogens with one attached hydrogen (secondary N) is 1. The Balaban J connectivity index is 1.27. The summed E-state index contributed by atoms with van der Waals surface area (Å²) in [6.45, 7) is 5.29. The largest absolute Gasteiger partial charge is 0.459 e. The highest BCUT2D eigenvalue weighted by Gasteiger charge is 2.21. The molecule has 4 rings (SSSR count). The topological polar surface area (TPSA) is 91.9 Å². The number of hydrogen-bond donors (Lipinski definition) is 1. The van der Waals surface area contributed by atoms with E-state index in [1.54, 1.807) is 12.1 Å². The minimum atomic E-state index is -0.396. The number of rotatable bonds is 6. The van der Waals surface area contributed by atoms with E-state index in [0.29, 0.717) is 6.54 Å². The molecule has 1 N–H and O–H groups in total. The Morgan fingerprint density at radius 2 is 1.83 bits per heavy atom. The van der Waals surface area contributed by atoms with Crippen molar-refractivity contribution in [3.8, 4) is 0 Å². The van der Waals surface area contributed by atoms with Gasteiger partial charge in [0.25, 0.3) is 5.69 Å². The molecule has 0 saturated carbocycles. The molecule has 0 bridgehead atoms. The van der Waals surface area contributed by atoms with Gasteiger partial charge in [0.1, 0.15) is 11.3 Å². The first-order valence-electron chi connectivity index (χ1n) is 9.99. The van der Waals surface area contributed by atoms with Gasteiger partial charge >= 0.3 is 0 Å². The molecule has 156 valence electrons. The van der Waals surface area contributed by atoms with Crippen LogP contribution in [-0.4, -0.2) is 48.5 Å². The molecule has 2 heterocycles. The average molecular weight is 408 g/mol. The van der Waals surface area contributed by atoms with Gasteiger partial charge in [0.05, 0.1) is 17.5 Å². The zero-order chi connectivity index (χ0) is 21.1. The lowest BCUT2D eigenvalue weighted by molar-refractivity contribution is -0.384. The molecule has 8 nitrogen and oxygen atoms in total. The minimum absolute atomic E-state index is 0.0354. The Bertz CT molecular complexity index is 1010. The summed E-state index contributed by atoms with van der Waals surface area (Å²) in [5, 5.41) is 14.8. The first-order chi connectivity index (χ1) is 14.5. The molecule has 1 aliphatic rings. The molecule has 1 saturated heterocycles. The van der Waals surface area contributed by atoms with Crippen molar-refractivity contribution in [2.24, 2.45) is 0 Å². The standard InChI is InChI=1S/C22H24N4O4/c1-16(21-14-17-4-2-3-5-20(17)30-21)23-22(27)15-24-10-12-25(13-11-24)18-6-8-19(9-7-18)26(28)29/h2-9,14,16H,10-13,15H2,1H3,(H,23,27)/t16-/m0/s1. The summed E-state index contributed by atoms with van der Waals surface area (Å²) in [7, 11) is 0. The van der Waals surface area contributed by atoms with Crippen LogP contribution >= 0.6 is 0 Å². The number of carbonyl (C=O) groups excluding carboxylic acids is 1. The van der Waals surface area contributed by atoms with Crippen LogP contribution in [0.5, 0.6) is 0 Å². The average Bonchev–Trinajstić information content (AvgIpc) is 3.19. The number of amides is 1. The number of anilines is 1. The molecule has 0 unspecified atom stereocenters. The number of furan rings is 1. The predicted molar refractivity (Wildman–Crippen MR) is 115 cm³/mol. The van der Waals surface area contributed by atoms with Crippen LogP contribution in [0.15, 0.2) is 59.0 Å². The first kappa shape index (κ1) is 19.9. The van der Waals surface area contributed by atoms with E-state index in [4.69, 9.17) is 4.42 Å². The maximum atomic E-state index is 12.5. The molecular weight excluding hydrogens is 384 g/mol. The molecule has 0 spiro atoms. The number of piperazine rings is 1. The molecular formula is C22H24N4O4. The second-order valence-electron chi connectivity index (χ2n) is 7.51. The molecule has 1 amide bonds. The molecule has 0 aliphatic carbocycles. The van der Waals surface area contributed by atoms with Gasteiger partial charge in [-0.15, -0.1) is 0 Å². The number of nitro benzene ring substituents is 1. The van der Waals surface area contributed by atoms with Crippen molar-refractivity contribution in [1.82, 2.24) is 10.2 Å². The van der Waals surface area contributed by atoms with E-state index in [1.165, 1.54) is 12.1 Å². The van der Waals surface area contributed by atoms with E-state index in [0.717, 1.165) is 48.6 Å². The smallest absolute Gasteiger partial charge is 0.269 e. The van der Waals surface area contributed by atoms with Gasteiger partial charge in [-0.25, -0.2) is 0 Å². The summed E-state index contributed by atoms with van der Waals surface area (Å²) in [5.74, 6) is 0.708. The van der Waals surface area contributed by atoms with Crippen molar-refractivity contribution in [1.29, 1.82) is 0 Å². The lowest BCUT2D eigenvalue weighted by Gasteiger charge is -2.35. The zero-order valence-corrected chi connectivity index (χ0v) is 16.8. The van der Waals surface area contributed by atoms with Gasteiger partial charge in [-0.2, -0.15) is 0 Å². The summed E-state index contributed by atoms with van der Waals surface area (Å²) < 4.78 is 5.83. The summed E-state index contributed by atoms with van der Waals surface area (Å²) in [5.41, 5.74) is 1.87. The third-order valence-corrected chi connectivity index (χ3v) is 5.41. The van der Waals surface area contributed by atoms with Crippen molar-refractivity contribution in [2.45, 2.75) is 13.0 Å². The van der Waals surface area contributed by atoms with Gasteiger partial charge in [0.2, 0.25) is 5.91 Å². The maximum Gasteiger partial charge on any atom is 0.269 e. The number of hydrogen-bond acceptors (Lipinski definition) is 6. The Hall–Kier alpha value is -3.39. The molecule has 8 heteroatoms. The number of nitro groups is 1. The third-order valence-electron chi connectivity index (χ3n) is 5.41. The SMILES string of the molecule is C[C@H](NC(=O)CN1CCN(c2ccc([N+](=O)[O-])cc2)CC1)c1cc2ccccc2o1. The van der Waals surface area contributed by atoms with Crippen LogP contribution in [0.25, 0.3) is 11.0 Å². The summed E-state index contributed by atoms with van der Waals surface area (Å²) >= 11 is 0. The van der Waals surface area contributed by atoms with E-state index >= 15 is 0 Å². The van der Waals surface area contributed by atoms with E-state index in [2.05, 4.69) is 15.1 Å². The van der Waals surface area contributed by atoms with Gasteiger partial charge in [-0.3, -0.25) is 19.8 Å². The Morgan fingerprint density at radius 3 is 2.50 bits per heavy atom. The van der Waals surface area contributed by atoms with Gasteiger partial charge in [0, 0.05) is 49.4 Å². The second kappa shape index (κ2) is 8.54. The fourth-order valence-electron chi connectivity index (χ4n) is 3.73. The Kier molecular flexibility index (Phi) is 5.67. The van der Waals surface area contributed by atoms with Crippen molar-refractivity contribution in [3.63, 3.8) is 0 Å². The number of nitrogens with zero attached hydrogens (tertiary/aromatic N) is 3. The highest BCUT2D eigenvalue weighted by atomic mass is 16.6. The van der Waals surface area contributed by atoms with Gasteiger partial charge in [0.15, 0.2) is 0 Å². The molecule has 30 heavy (non-hydrogen) atoms. The van der Waals surface area contributed by atoms with Gasteiger partial charge < -0.3 is 14.6 Å². The first-order valence-corrected chi connectivity index (χ1v) is 9.99. The quantitative estimate of drug-likeness (QED) is 0.497. The highest BCUT2D eigenvalue weighted by molar-refractivity contribution is 5.80. The number of fused-ring (bicyclic) bond motifs is 1. The summed E-state index contributed by atoms with van der Waals surface area (Å²) in [4.78, 5) is 27.2. The number of benzene rings is 2. The molecule has 1 fully saturated rings. The molecule has 0 radical (unpaired) electrons. The number of para-hydroxylation sites is 1. The third kappa shape index (κ3) is 4.44. The Labute approximate surface area is 174 Å². The van der Waals surface area contributed by atoms with Gasteiger partial charge in [-0.1, -0.05) is 18.2 Å². The molecule has 1 atom stereocenters. The minimum Gasteiger partial charge on any atom is -0.459 e. The van der Waals surface area contributed by atoms with Crippen LogP contribution in [0.1, 0.15) is 18.7 Å². The highest BCUT2D eigenvalue weighted by Crippen LogP contribution is 2.24. The fourth-order valence-corrected chi connectivity index (χ4v) is 3.73. The van der Waals surface area contributed by atoms with Crippen LogP contribution in [0.3, 0.4) is 0 Å². The summed E-state index contributed by atoms with van der Waals surface area (Å²) in [6, 6.07) is 16.1. The molecule has 3 aromatic rings. The molecule has 2 aromatic carbocycles. The second-order valence-corrected chi connectivity index (χ2v) is 7.51. The van der Waals surface area contributed by atoms with Crippen LogP contribution in [0, 0.1) is 10.1 Å². The Morgan fingerprint density at radius 1 is 1.13 bits per heavy atom. The van der Waals surface area contributed by atoms with E-state index in [9.17, 15) is 14.9 Å². The normalized spacial score (nSPS) is 15.8. The van der Waals surface area contributed by atoms with Crippen molar-refractivity contribution < 1.29 is 14.1 Å². The molecule has 1 aliphatic heterocycles. The fraction of sp³-hybridized carbons (Fsp3) is 0.318. The lowest BCUT2D eigenvalue weighted by atomic mass is 10.2. The van der Waals surface area contributed by atoms with Crippen LogP contribution in [0.2, 0.25) is 0 Å². The van der Waals surface area contributed by atoms with Crippen molar-refractivity contribution >= 4 is 28.3 Å². The zero-order valence-electron chi connectivity index (χ0n) is 16.8. The van der Waals surface area contributed by atoms with E-state index < -0.39 is 4.92 Å². The van der Waals surface area contributed by atoms with E-state index in [-0.39, 0.29) is 17.6 Å². The van der Waals surface area contributed by atoms with Crippen LogP contribution < -0.4 is 10.2 Å². The predicted octanol–water partition coefficient (Wildman–Crippen LogP) is 3.34.